The molecule has 0 aliphatic carbocycles. The standard InChI is InChI=1S/C12H15BrFNO2/c1-2-15(7-4-8-16)12(17)11-9(13)5-3-6-10(11)14/h3,5-6,16H,2,4,7-8H2,1H3. The van der Waals surface area contributed by atoms with Crippen LogP contribution in [0.3, 0.4) is 0 Å². The Morgan fingerprint density at radius 2 is 2.24 bits per heavy atom. The summed E-state index contributed by atoms with van der Waals surface area (Å²) in [6.45, 7) is 2.75. The first-order chi connectivity index (χ1) is 8.11. The maximum atomic E-state index is 13.6. The monoisotopic (exact) mass is 303 g/mol. The van der Waals surface area contributed by atoms with Crippen LogP contribution in [0.25, 0.3) is 0 Å². The lowest BCUT2D eigenvalue weighted by molar-refractivity contribution is 0.0748. The summed E-state index contributed by atoms with van der Waals surface area (Å²) in [5.74, 6) is -0.891. The summed E-state index contributed by atoms with van der Waals surface area (Å²) >= 11 is 3.18. The second-order valence-electron chi connectivity index (χ2n) is 3.56. The van der Waals surface area contributed by atoms with Gasteiger partial charge in [-0.05, 0) is 41.4 Å². The first-order valence-corrected chi connectivity index (χ1v) is 6.25. The molecule has 0 aliphatic heterocycles. The van der Waals surface area contributed by atoms with Gasteiger partial charge in [0.1, 0.15) is 5.82 Å². The molecule has 0 aromatic heterocycles. The fourth-order valence-electron chi connectivity index (χ4n) is 1.53. The Hall–Kier alpha value is -0.940. The molecule has 1 N–H and O–H groups in total. The van der Waals surface area contributed by atoms with E-state index in [1.54, 1.807) is 12.1 Å². The van der Waals surface area contributed by atoms with E-state index in [1.807, 2.05) is 6.92 Å². The van der Waals surface area contributed by atoms with E-state index >= 15 is 0 Å². The van der Waals surface area contributed by atoms with Crippen molar-refractivity contribution in [1.82, 2.24) is 4.90 Å². The molecule has 1 aromatic carbocycles. The van der Waals surface area contributed by atoms with E-state index in [4.69, 9.17) is 5.11 Å². The molecular weight excluding hydrogens is 289 g/mol. The highest BCUT2D eigenvalue weighted by Gasteiger charge is 2.20. The minimum absolute atomic E-state index is 0.0161. The van der Waals surface area contributed by atoms with Gasteiger partial charge in [0.05, 0.1) is 5.56 Å². The quantitative estimate of drug-likeness (QED) is 0.907. The number of hydrogen-bond donors (Lipinski definition) is 1. The summed E-state index contributed by atoms with van der Waals surface area (Å²) < 4.78 is 14.0. The van der Waals surface area contributed by atoms with Crippen molar-refractivity contribution in [2.75, 3.05) is 19.7 Å². The Bertz CT molecular complexity index is 378. The van der Waals surface area contributed by atoms with Crippen molar-refractivity contribution in [1.29, 1.82) is 0 Å². The zero-order valence-electron chi connectivity index (χ0n) is 9.62. The minimum Gasteiger partial charge on any atom is -0.396 e. The van der Waals surface area contributed by atoms with Crippen LogP contribution >= 0.6 is 15.9 Å². The van der Waals surface area contributed by atoms with Crippen LogP contribution in [-0.4, -0.2) is 35.6 Å². The lowest BCUT2D eigenvalue weighted by atomic mass is 10.2. The molecule has 0 atom stereocenters. The highest BCUT2D eigenvalue weighted by molar-refractivity contribution is 9.10. The summed E-state index contributed by atoms with van der Waals surface area (Å²) in [4.78, 5) is 13.6. The predicted octanol–water partition coefficient (Wildman–Crippen LogP) is 2.43. The van der Waals surface area contributed by atoms with E-state index in [2.05, 4.69) is 15.9 Å². The fourth-order valence-corrected chi connectivity index (χ4v) is 2.04. The number of carbonyl (C=O) groups is 1. The average molecular weight is 304 g/mol. The third-order valence-electron chi connectivity index (χ3n) is 2.43. The number of amides is 1. The lowest BCUT2D eigenvalue weighted by Crippen LogP contribution is -2.33. The second-order valence-corrected chi connectivity index (χ2v) is 4.41. The van der Waals surface area contributed by atoms with Crippen molar-refractivity contribution >= 4 is 21.8 Å². The molecular formula is C12H15BrFNO2. The van der Waals surface area contributed by atoms with Crippen molar-refractivity contribution in [3.8, 4) is 0 Å². The Labute approximate surface area is 108 Å². The molecule has 0 saturated heterocycles. The molecule has 5 heteroatoms. The average Bonchev–Trinajstić information content (AvgIpc) is 2.30. The number of benzene rings is 1. The van der Waals surface area contributed by atoms with Gasteiger partial charge in [-0.15, -0.1) is 0 Å². The number of halogens is 2. The maximum absolute atomic E-state index is 13.6. The van der Waals surface area contributed by atoms with Gasteiger partial charge in [0, 0.05) is 24.2 Å². The van der Waals surface area contributed by atoms with E-state index in [0.29, 0.717) is 24.0 Å². The van der Waals surface area contributed by atoms with Crippen molar-refractivity contribution in [3.05, 3.63) is 34.1 Å². The number of carbonyl (C=O) groups excluding carboxylic acids is 1. The molecule has 94 valence electrons. The molecule has 1 aromatic rings. The molecule has 0 aliphatic rings. The zero-order valence-corrected chi connectivity index (χ0v) is 11.2. The van der Waals surface area contributed by atoms with Gasteiger partial charge in [0.25, 0.3) is 5.91 Å². The van der Waals surface area contributed by atoms with Crippen molar-refractivity contribution in [2.24, 2.45) is 0 Å². The van der Waals surface area contributed by atoms with Gasteiger partial charge in [-0.25, -0.2) is 4.39 Å². The summed E-state index contributed by atoms with van der Waals surface area (Å²) in [5, 5.41) is 8.75. The number of aliphatic hydroxyl groups is 1. The largest absolute Gasteiger partial charge is 0.396 e. The van der Waals surface area contributed by atoms with Crippen LogP contribution in [0.4, 0.5) is 4.39 Å². The summed E-state index contributed by atoms with van der Waals surface area (Å²) in [6.07, 6.45) is 0.492. The number of hydrogen-bond acceptors (Lipinski definition) is 2. The Morgan fingerprint density at radius 1 is 1.53 bits per heavy atom. The van der Waals surface area contributed by atoms with Crippen molar-refractivity contribution in [3.63, 3.8) is 0 Å². The van der Waals surface area contributed by atoms with Crippen molar-refractivity contribution < 1.29 is 14.3 Å². The van der Waals surface area contributed by atoms with E-state index in [-0.39, 0.29) is 18.1 Å². The summed E-state index contributed by atoms with van der Waals surface area (Å²) in [7, 11) is 0. The van der Waals surface area contributed by atoms with Crippen LogP contribution in [0.2, 0.25) is 0 Å². The van der Waals surface area contributed by atoms with Gasteiger partial charge in [-0.2, -0.15) is 0 Å². The lowest BCUT2D eigenvalue weighted by Gasteiger charge is -2.21. The van der Waals surface area contributed by atoms with Crippen molar-refractivity contribution in [2.45, 2.75) is 13.3 Å². The van der Waals surface area contributed by atoms with Gasteiger partial charge in [0.2, 0.25) is 0 Å². The zero-order chi connectivity index (χ0) is 12.8. The van der Waals surface area contributed by atoms with Gasteiger partial charge >= 0.3 is 0 Å². The fraction of sp³-hybridized carbons (Fsp3) is 0.417. The van der Waals surface area contributed by atoms with Gasteiger partial charge < -0.3 is 10.0 Å². The molecule has 0 fully saturated rings. The molecule has 1 rings (SSSR count). The first kappa shape index (κ1) is 14.1. The normalized spacial score (nSPS) is 10.4. The summed E-state index contributed by atoms with van der Waals surface area (Å²) in [6, 6.07) is 4.44. The molecule has 17 heavy (non-hydrogen) atoms. The van der Waals surface area contributed by atoms with Gasteiger partial charge in [-0.3, -0.25) is 4.79 Å². The predicted molar refractivity (Wildman–Crippen MR) is 67.4 cm³/mol. The number of rotatable bonds is 5. The Balaban J connectivity index is 2.93. The Morgan fingerprint density at radius 3 is 2.76 bits per heavy atom. The number of nitrogens with zero attached hydrogens (tertiary/aromatic N) is 1. The highest BCUT2D eigenvalue weighted by Crippen LogP contribution is 2.21. The topological polar surface area (TPSA) is 40.5 Å². The SMILES string of the molecule is CCN(CCCO)C(=O)c1c(F)cccc1Br. The smallest absolute Gasteiger partial charge is 0.257 e. The highest BCUT2D eigenvalue weighted by atomic mass is 79.9. The third kappa shape index (κ3) is 3.51. The van der Waals surface area contributed by atoms with E-state index in [0.717, 1.165) is 0 Å². The Kier molecular flexibility index (Phi) is 5.58. The first-order valence-electron chi connectivity index (χ1n) is 5.46. The molecule has 0 spiro atoms. The van der Waals surface area contributed by atoms with Crippen LogP contribution in [0.5, 0.6) is 0 Å². The molecule has 0 bridgehead atoms. The van der Waals surface area contributed by atoms with Crippen LogP contribution in [0, 0.1) is 5.82 Å². The van der Waals surface area contributed by atoms with Crippen LogP contribution in [0.1, 0.15) is 23.7 Å². The van der Waals surface area contributed by atoms with Gasteiger partial charge in [-0.1, -0.05) is 6.07 Å². The van der Waals surface area contributed by atoms with Gasteiger partial charge in [0.15, 0.2) is 0 Å². The summed E-state index contributed by atoms with van der Waals surface area (Å²) in [5.41, 5.74) is 0.0484. The minimum atomic E-state index is -0.535. The van der Waals surface area contributed by atoms with Crippen LogP contribution < -0.4 is 0 Å². The van der Waals surface area contributed by atoms with E-state index in [9.17, 15) is 9.18 Å². The third-order valence-corrected chi connectivity index (χ3v) is 3.09. The molecule has 0 saturated carbocycles. The molecule has 3 nitrogen and oxygen atoms in total. The second kappa shape index (κ2) is 6.71. The maximum Gasteiger partial charge on any atom is 0.257 e. The molecule has 1 amide bonds. The van der Waals surface area contributed by atoms with Crippen LogP contribution in [0.15, 0.2) is 22.7 Å². The molecule has 0 unspecified atom stereocenters. The van der Waals surface area contributed by atoms with Crippen LogP contribution in [-0.2, 0) is 0 Å². The number of aliphatic hydroxyl groups excluding tert-OH is 1. The molecule has 0 radical (unpaired) electrons. The van der Waals surface area contributed by atoms with E-state index in [1.165, 1.54) is 11.0 Å². The van der Waals surface area contributed by atoms with E-state index < -0.39 is 5.82 Å². The molecule has 0 heterocycles.